The molecule has 0 atom stereocenters. The number of esters is 1. The first-order valence-electron chi connectivity index (χ1n) is 4.93. The van der Waals surface area contributed by atoms with Gasteiger partial charge in [0.05, 0.1) is 31.1 Å². The Kier molecular flexibility index (Phi) is 3.36. The first-order chi connectivity index (χ1) is 7.70. The number of benzene rings is 1. The summed E-state index contributed by atoms with van der Waals surface area (Å²) in [4.78, 5) is 12.4. The van der Waals surface area contributed by atoms with Crippen LogP contribution in [0.5, 0.6) is 0 Å². The van der Waals surface area contributed by atoms with Crippen molar-refractivity contribution in [3.63, 3.8) is 0 Å². The third-order valence-corrected chi connectivity index (χ3v) is 3.47. The van der Waals surface area contributed by atoms with Crippen molar-refractivity contribution in [2.24, 2.45) is 0 Å². The molecule has 0 aromatic heterocycles. The molecule has 2 rings (SSSR count). The molecule has 1 saturated heterocycles. The second kappa shape index (κ2) is 4.76. The maximum atomic E-state index is 11.4. The second-order valence-corrected chi connectivity index (χ2v) is 4.89. The minimum absolute atomic E-state index is 0.398. The molecule has 1 fully saturated rings. The van der Waals surface area contributed by atoms with E-state index in [4.69, 9.17) is 10.5 Å². The summed E-state index contributed by atoms with van der Waals surface area (Å²) in [6.45, 7) is 1.53. The Morgan fingerprint density at radius 3 is 2.88 bits per heavy atom. The van der Waals surface area contributed by atoms with E-state index in [0.29, 0.717) is 16.5 Å². The fourth-order valence-electron chi connectivity index (χ4n) is 1.37. The van der Waals surface area contributed by atoms with E-state index in [1.807, 2.05) is 6.07 Å². The quantitative estimate of drug-likeness (QED) is 0.640. The van der Waals surface area contributed by atoms with Crippen LogP contribution in [-0.4, -0.2) is 31.5 Å². The first kappa shape index (κ1) is 11.3. The predicted octanol–water partition coefficient (Wildman–Crippen LogP) is 1.55. The summed E-state index contributed by atoms with van der Waals surface area (Å²) in [5.41, 5.74) is 6.58. The Morgan fingerprint density at radius 2 is 2.31 bits per heavy atom. The fourth-order valence-corrected chi connectivity index (χ4v) is 2.42. The van der Waals surface area contributed by atoms with Crippen LogP contribution >= 0.6 is 11.8 Å². The van der Waals surface area contributed by atoms with Crippen LogP contribution in [0.2, 0.25) is 0 Å². The van der Waals surface area contributed by atoms with Gasteiger partial charge in [-0.3, -0.25) is 0 Å². The van der Waals surface area contributed by atoms with E-state index in [-0.39, 0.29) is 0 Å². The Labute approximate surface area is 98.1 Å². The monoisotopic (exact) mass is 239 g/mol. The normalized spacial score (nSPS) is 15.6. The minimum atomic E-state index is -0.398. The van der Waals surface area contributed by atoms with Crippen LogP contribution in [0, 0.1) is 0 Å². The molecule has 1 aliphatic heterocycles. The van der Waals surface area contributed by atoms with Crippen LogP contribution in [0.3, 0.4) is 0 Å². The Balaban J connectivity index is 2.17. The molecule has 0 unspecified atom stereocenters. The van der Waals surface area contributed by atoms with E-state index in [0.717, 1.165) is 18.1 Å². The number of thioether (sulfide) groups is 1. The highest BCUT2D eigenvalue weighted by Gasteiger charge is 2.20. The summed E-state index contributed by atoms with van der Waals surface area (Å²) in [5, 5.41) is 0.481. The number of methoxy groups -OCH3 is 1. The zero-order valence-electron chi connectivity index (χ0n) is 8.93. The molecule has 86 valence electrons. The minimum Gasteiger partial charge on any atom is -0.465 e. The van der Waals surface area contributed by atoms with Crippen LogP contribution in [0.4, 0.5) is 5.69 Å². The van der Waals surface area contributed by atoms with E-state index in [9.17, 15) is 4.79 Å². The molecule has 0 radical (unpaired) electrons. The van der Waals surface area contributed by atoms with Gasteiger partial charge in [0, 0.05) is 10.6 Å². The maximum Gasteiger partial charge on any atom is 0.339 e. The molecule has 16 heavy (non-hydrogen) atoms. The largest absolute Gasteiger partial charge is 0.465 e. The number of carbonyl (C=O) groups excluding carboxylic acids is 1. The van der Waals surface area contributed by atoms with Gasteiger partial charge in [0.2, 0.25) is 0 Å². The number of hydrogen-bond donors (Lipinski definition) is 1. The van der Waals surface area contributed by atoms with Crippen molar-refractivity contribution >= 4 is 23.4 Å². The van der Waals surface area contributed by atoms with Gasteiger partial charge in [-0.15, -0.1) is 11.8 Å². The molecule has 1 heterocycles. The summed E-state index contributed by atoms with van der Waals surface area (Å²) in [5.74, 6) is -0.398. The summed E-state index contributed by atoms with van der Waals surface area (Å²) in [6, 6.07) is 5.41. The van der Waals surface area contributed by atoms with E-state index in [1.165, 1.54) is 7.11 Å². The van der Waals surface area contributed by atoms with Crippen LogP contribution < -0.4 is 5.73 Å². The first-order valence-corrected chi connectivity index (χ1v) is 5.81. The van der Waals surface area contributed by atoms with E-state index >= 15 is 0 Å². The lowest BCUT2D eigenvalue weighted by atomic mass is 10.2. The summed E-state index contributed by atoms with van der Waals surface area (Å²) in [7, 11) is 1.35. The highest BCUT2D eigenvalue weighted by Crippen LogP contribution is 2.30. The summed E-state index contributed by atoms with van der Waals surface area (Å²) >= 11 is 1.69. The van der Waals surface area contributed by atoms with Crippen molar-refractivity contribution in [2.75, 3.05) is 26.1 Å². The smallest absolute Gasteiger partial charge is 0.339 e. The van der Waals surface area contributed by atoms with Gasteiger partial charge in [-0.2, -0.15) is 0 Å². The van der Waals surface area contributed by atoms with Gasteiger partial charge < -0.3 is 15.2 Å². The zero-order chi connectivity index (χ0) is 11.5. The average Bonchev–Trinajstić information content (AvgIpc) is 2.24. The summed E-state index contributed by atoms with van der Waals surface area (Å²) < 4.78 is 9.76. The number of ether oxygens (including phenoxy) is 2. The molecule has 0 spiro atoms. The molecular formula is C11H13NO3S. The fraction of sp³-hybridized carbons (Fsp3) is 0.364. The predicted molar refractivity (Wildman–Crippen MR) is 62.7 cm³/mol. The molecule has 5 heteroatoms. The third kappa shape index (κ3) is 2.31. The Bertz CT molecular complexity index is 404. The number of rotatable bonds is 3. The molecule has 0 saturated carbocycles. The van der Waals surface area contributed by atoms with Crippen molar-refractivity contribution < 1.29 is 14.3 Å². The van der Waals surface area contributed by atoms with E-state index in [1.54, 1.807) is 23.9 Å². The number of nitrogens with two attached hydrogens (primary N) is 1. The molecule has 4 nitrogen and oxygen atoms in total. The molecule has 1 aromatic rings. The lowest BCUT2D eigenvalue weighted by molar-refractivity contribution is 0.0455. The van der Waals surface area contributed by atoms with Gasteiger partial charge in [0.15, 0.2) is 0 Å². The molecular weight excluding hydrogens is 226 g/mol. The van der Waals surface area contributed by atoms with Crippen molar-refractivity contribution in [3.05, 3.63) is 23.8 Å². The van der Waals surface area contributed by atoms with Crippen molar-refractivity contribution in [3.8, 4) is 0 Å². The van der Waals surface area contributed by atoms with Crippen LogP contribution in [0.25, 0.3) is 0 Å². The number of nitrogen functional groups attached to an aromatic ring is 1. The lowest BCUT2D eigenvalue weighted by Gasteiger charge is -2.25. The molecule has 2 N–H and O–H groups in total. The van der Waals surface area contributed by atoms with Crippen molar-refractivity contribution in [2.45, 2.75) is 10.1 Å². The van der Waals surface area contributed by atoms with E-state index < -0.39 is 5.97 Å². The highest BCUT2D eigenvalue weighted by molar-refractivity contribution is 8.00. The third-order valence-electron chi connectivity index (χ3n) is 2.34. The Morgan fingerprint density at radius 1 is 1.56 bits per heavy atom. The Hall–Kier alpha value is -1.20. The van der Waals surface area contributed by atoms with E-state index in [2.05, 4.69) is 4.74 Å². The molecule has 0 amide bonds. The van der Waals surface area contributed by atoms with Crippen molar-refractivity contribution in [1.82, 2.24) is 0 Å². The summed E-state index contributed by atoms with van der Waals surface area (Å²) in [6.07, 6.45) is 0. The van der Waals surface area contributed by atoms with Gasteiger partial charge in [0.25, 0.3) is 0 Å². The van der Waals surface area contributed by atoms with Gasteiger partial charge in [-0.05, 0) is 18.2 Å². The molecule has 0 aliphatic carbocycles. The van der Waals surface area contributed by atoms with Gasteiger partial charge in [-0.1, -0.05) is 0 Å². The highest BCUT2D eigenvalue weighted by atomic mass is 32.2. The van der Waals surface area contributed by atoms with Gasteiger partial charge >= 0.3 is 5.97 Å². The zero-order valence-corrected chi connectivity index (χ0v) is 9.75. The van der Waals surface area contributed by atoms with Gasteiger partial charge in [-0.25, -0.2) is 4.79 Å². The number of hydrogen-bond acceptors (Lipinski definition) is 5. The second-order valence-electron chi connectivity index (χ2n) is 3.52. The standard InChI is InChI=1S/C11H13NO3S/c1-14-11(13)9-4-7(2-3-10(9)12)16-8-5-15-6-8/h2-4,8H,5-6,12H2,1H3. The number of carbonyl (C=O) groups is 1. The van der Waals surface area contributed by atoms with Crippen LogP contribution in [0.1, 0.15) is 10.4 Å². The number of anilines is 1. The van der Waals surface area contributed by atoms with Crippen molar-refractivity contribution in [1.29, 1.82) is 0 Å². The average molecular weight is 239 g/mol. The maximum absolute atomic E-state index is 11.4. The lowest BCUT2D eigenvalue weighted by Crippen LogP contribution is -2.30. The van der Waals surface area contributed by atoms with Gasteiger partial charge in [0.1, 0.15) is 0 Å². The molecule has 1 aliphatic rings. The van der Waals surface area contributed by atoms with Crippen LogP contribution in [-0.2, 0) is 9.47 Å². The SMILES string of the molecule is COC(=O)c1cc(SC2COC2)ccc1N. The molecule has 0 bridgehead atoms. The van der Waals surface area contributed by atoms with Crippen LogP contribution in [0.15, 0.2) is 23.1 Å². The molecule has 1 aromatic carbocycles. The topological polar surface area (TPSA) is 61.5 Å².